The van der Waals surface area contributed by atoms with Gasteiger partial charge < -0.3 is 0 Å². The fourth-order valence-corrected chi connectivity index (χ4v) is 30.4. The standard InChI is InChI=1S/C24H27.C20H21.2CH3.2ClH.H2Si.Zr/c1-17(2)18-11-13-20(14-12-18)23-10-6-9-21-15-22(16-24(21)23)19-7-4-3-5-8-19;1-4-15(3)16-8-10-17(11-9-16)19-7-5-6-18-12-14(2)13-20(18)19;;;;;;/h6,9-17,19H,3-5,7-8H2,1-2H3;5-13,15H,4H2,1-3H3;2*1H3;2*1H;1H2;. The topological polar surface area (TPSA) is 0 Å². The van der Waals surface area contributed by atoms with Gasteiger partial charge >= 0.3 is 296 Å². The van der Waals surface area contributed by atoms with Crippen molar-refractivity contribution >= 4 is 43.8 Å². The van der Waals surface area contributed by atoms with E-state index in [2.05, 4.69) is 148 Å². The van der Waals surface area contributed by atoms with E-state index in [0.717, 1.165) is 0 Å². The maximum absolute atomic E-state index is 3.70. The Morgan fingerprint density at radius 1 is 0.660 bits per heavy atom. The maximum atomic E-state index is 2.82. The third-order valence-electron chi connectivity index (χ3n) is 12.6. The molecule has 0 amide bonds. The molecule has 0 heterocycles. The maximum Gasteiger partial charge on any atom is -0.147 e. The molecular weight excluding hydrogens is 743 g/mol. The van der Waals surface area contributed by atoms with Gasteiger partial charge in [-0.15, -0.1) is 24.8 Å². The summed E-state index contributed by atoms with van der Waals surface area (Å²) in [5, 5.41) is 0. The summed E-state index contributed by atoms with van der Waals surface area (Å²) in [4.78, 5) is 0. The summed E-state index contributed by atoms with van der Waals surface area (Å²) in [5.74, 6) is 1.86. The zero-order valence-electron chi connectivity index (χ0n) is 31.4. The number of hydrogen-bond donors (Lipinski definition) is 0. The number of rotatable bonds is 8. The zero-order valence-corrected chi connectivity index (χ0v) is 36.9. The predicted octanol–water partition coefficient (Wildman–Crippen LogP) is 14.0. The van der Waals surface area contributed by atoms with Crippen LogP contribution in [-0.2, 0) is 17.4 Å². The van der Waals surface area contributed by atoms with Crippen molar-refractivity contribution in [3.05, 3.63) is 129 Å². The average molecular weight is 801 g/mol. The molecule has 0 bridgehead atoms. The SMILES string of the molecule is CCC(C)c1ccc(-c2cccc3c2C=C(C)[CH]3[Zr]([CH3])([CH3])(=[SiH2])[CH]2C(C3CCCCC3)=Cc3c(-c4ccc(C(C)C)cc4)cccc32)cc1.Cl.Cl. The van der Waals surface area contributed by atoms with E-state index in [-0.39, 0.29) is 24.8 Å². The monoisotopic (exact) mass is 798 g/mol. The van der Waals surface area contributed by atoms with Crippen LogP contribution in [0.15, 0.2) is 96.1 Å². The Bertz CT molecular complexity index is 1970. The Morgan fingerprint density at radius 2 is 1.16 bits per heavy atom. The van der Waals surface area contributed by atoms with Gasteiger partial charge in [-0.3, -0.25) is 0 Å². The van der Waals surface area contributed by atoms with E-state index in [4.69, 9.17) is 0 Å². The van der Waals surface area contributed by atoms with E-state index in [9.17, 15) is 0 Å². The second-order valence-electron chi connectivity index (χ2n) is 17.0. The van der Waals surface area contributed by atoms with Crippen LogP contribution in [0.3, 0.4) is 0 Å². The molecule has 3 atom stereocenters. The van der Waals surface area contributed by atoms with Crippen LogP contribution in [0, 0.1) is 5.92 Å². The third kappa shape index (κ3) is 6.94. The molecule has 4 aromatic rings. The fourth-order valence-electron chi connectivity index (χ4n) is 10.0. The first-order chi connectivity index (χ1) is 23.0. The fraction of sp³-hybridized carbons (Fsp3) is 0.391. The second kappa shape index (κ2) is 15.2. The minimum absolute atomic E-state index is 0. The average Bonchev–Trinajstić information content (AvgIpc) is 3.67. The number of halogens is 2. The van der Waals surface area contributed by atoms with Crippen LogP contribution in [0.1, 0.15) is 126 Å². The van der Waals surface area contributed by atoms with Gasteiger partial charge in [-0.05, 0) is 0 Å². The van der Waals surface area contributed by atoms with Crippen molar-refractivity contribution in [2.24, 2.45) is 5.92 Å². The van der Waals surface area contributed by atoms with Crippen LogP contribution < -0.4 is 0 Å². The van der Waals surface area contributed by atoms with Crippen molar-refractivity contribution < 1.29 is 17.4 Å². The number of allylic oxidation sites excluding steroid dienone is 2. The molecule has 50 heavy (non-hydrogen) atoms. The molecule has 3 aliphatic carbocycles. The summed E-state index contributed by atoms with van der Waals surface area (Å²) in [7, 11) is 0. The minimum Gasteiger partial charge on any atom is -0.147 e. The first-order valence-electron chi connectivity index (χ1n) is 18.9. The van der Waals surface area contributed by atoms with E-state index < -0.39 is 17.4 Å². The Morgan fingerprint density at radius 3 is 1.68 bits per heavy atom. The third-order valence-corrected chi connectivity index (χ3v) is 30.3. The molecule has 0 saturated heterocycles. The van der Waals surface area contributed by atoms with Gasteiger partial charge in [0.15, 0.2) is 0 Å². The Hall–Kier alpha value is -1.96. The smallest absolute Gasteiger partial charge is 0.147 e. The minimum atomic E-state index is -3.70. The van der Waals surface area contributed by atoms with Gasteiger partial charge in [0.05, 0.1) is 0 Å². The molecule has 0 aliphatic heterocycles. The predicted molar refractivity (Wildman–Crippen MR) is 225 cm³/mol. The van der Waals surface area contributed by atoms with Crippen LogP contribution in [0.2, 0.25) is 9.26 Å². The summed E-state index contributed by atoms with van der Waals surface area (Å²) in [5.41, 5.74) is 18.0. The van der Waals surface area contributed by atoms with E-state index in [0.29, 0.717) is 25.0 Å². The van der Waals surface area contributed by atoms with Crippen LogP contribution >= 0.6 is 24.8 Å². The Kier molecular flexibility index (Phi) is 11.9. The Labute approximate surface area is 318 Å². The number of fused-ring (bicyclic) bond motifs is 2. The van der Waals surface area contributed by atoms with Crippen LogP contribution in [0.4, 0.5) is 0 Å². The Balaban J connectivity index is 0.00000243. The molecule has 3 unspecified atom stereocenters. The first-order valence-corrected chi connectivity index (χ1v) is 32.6. The number of benzene rings is 4. The molecule has 0 nitrogen and oxygen atoms in total. The molecule has 4 aromatic carbocycles. The zero-order chi connectivity index (χ0) is 33.8. The van der Waals surface area contributed by atoms with E-state index >= 15 is 0 Å². The summed E-state index contributed by atoms with van der Waals surface area (Å²) in [6.07, 6.45) is 13.4. The van der Waals surface area contributed by atoms with Gasteiger partial charge in [0.25, 0.3) is 0 Å². The largest absolute Gasteiger partial charge is 0.147 e. The summed E-state index contributed by atoms with van der Waals surface area (Å²) in [6, 6.07) is 33.4. The molecule has 0 spiro atoms. The second-order valence-corrected chi connectivity index (χ2v) is 47.5. The van der Waals surface area contributed by atoms with Gasteiger partial charge in [-0.2, -0.15) is 0 Å². The van der Waals surface area contributed by atoms with Crippen LogP contribution in [0.5, 0.6) is 0 Å². The number of hydrogen-bond acceptors (Lipinski definition) is 0. The molecular formula is C46H58Cl2SiZr. The van der Waals surface area contributed by atoms with Gasteiger partial charge in [-0.25, -0.2) is 0 Å². The van der Waals surface area contributed by atoms with Crippen molar-refractivity contribution in [2.45, 2.75) is 101 Å². The molecule has 3 aliphatic rings. The summed E-state index contributed by atoms with van der Waals surface area (Å²) < 4.78 is 6.75. The van der Waals surface area contributed by atoms with Crippen molar-refractivity contribution in [2.75, 3.05) is 0 Å². The van der Waals surface area contributed by atoms with E-state index in [1.165, 1.54) is 83.0 Å². The molecule has 1 saturated carbocycles. The van der Waals surface area contributed by atoms with Gasteiger partial charge in [0.1, 0.15) is 0 Å². The quantitative estimate of drug-likeness (QED) is 0.156. The van der Waals surface area contributed by atoms with Gasteiger partial charge in [0, 0.05) is 0 Å². The van der Waals surface area contributed by atoms with Crippen molar-refractivity contribution in [3.8, 4) is 22.3 Å². The van der Waals surface area contributed by atoms with Crippen LogP contribution in [0.25, 0.3) is 34.4 Å². The van der Waals surface area contributed by atoms with Gasteiger partial charge in [-0.1, -0.05) is 0 Å². The van der Waals surface area contributed by atoms with Crippen molar-refractivity contribution in [1.29, 1.82) is 0 Å². The van der Waals surface area contributed by atoms with Gasteiger partial charge in [0.2, 0.25) is 0 Å². The summed E-state index contributed by atoms with van der Waals surface area (Å²) in [6.45, 7) is 14.2. The molecule has 4 heteroatoms. The molecule has 1 fully saturated rings. The molecule has 264 valence electrons. The van der Waals surface area contributed by atoms with Crippen molar-refractivity contribution in [1.82, 2.24) is 0 Å². The normalized spacial score (nSPS) is 19.5. The molecule has 7 rings (SSSR count). The van der Waals surface area contributed by atoms with E-state index in [1.807, 2.05) is 0 Å². The van der Waals surface area contributed by atoms with E-state index in [1.54, 1.807) is 22.3 Å². The van der Waals surface area contributed by atoms with Crippen molar-refractivity contribution in [3.63, 3.8) is 0 Å². The first kappa shape index (κ1) is 39.3. The van der Waals surface area contributed by atoms with Crippen LogP contribution in [-0.4, -0.2) is 6.88 Å². The molecule has 0 N–H and O–H groups in total. The summed E-state index contributed by atoms with van der Waals surface area (Å²) >= 11 is -3.70. The molecule has 0 aromatic heterocycles. The molecule has 0 radical (unpaired) electrons.